The van der Waals surface area contributed by atoms with Crippen LogP contribution in [0.5, 0.6) is 5.75 Å². The van der Waals surface area contributed by atoms with Crippen molar-refractivity contribution in [2.45, 2.75) is 45.4 Å². The van der Waals surface area contributed by atoms with E-state index in [-0.39, 0.29) is 0 Å². The Morgan fingerprint density at radius 2 is 1.57 bits per heavy atom. The third-order valence-corrected chi connectivity index (χ3v) is 6.06. The van der Waals surface area contributed by atoms with Gasteiger partial charge >= 0.3 is 0 Å². The maximum Gasteiger partial charge on any atom is 0.147 e. The zero-order valence-electron chi connectivity index (χ0n) is 16.0. The molecule has 2 nitrogen and oxygen atoms in total. The number of allylic oxidation sites excluding steroid dienone is 1. The summed E-state index contributed by atoms with van der Waals surface area (Å²) < 4.78 is 8.73. The van der Waals surface area contributed by atoms with Crippen molar-refractivity contribution in [2.24, 2.45) is 0 Å². The van der Waals surface area contributed by atoms with Crippen LogP contribution in [0.15, 0.2) is 49.8 Å². The number of nitrogens with zero attached hydrogens (tertiary/aromatic N) is 1. The van der Waals surface area contributed by atoms with Crippen molar-refractivity contribution < 1.29 is 4.74 Å². The van der Waals surface area contributed by atoms with Gasteiger partial charge in [0.25, 0.3) is 0 Å². The zero-order chi connectivity index (χ0) is 20.4. The molecule has 0 fully saturated rings. The quantitative estimate of drug-likeness (QED) is 0.163. The molecule has 2 aromatic carbocycles. The zero-order valence-corrected chi connectivity index (χ0v) is 20.7. The molecular formula is C23H24Br3NO. The first-order chi connectivity index (χ1) is 13.5. The van der Waals surface area contributed by atoms with E-state index >= 15 is 0 Å². The monoisotopic (exact) mass is 567 g/mol. The van der Waals surface area contributed by atoms with Gasteiger partial charge in [0, 0.05) is 4.47 Å². The van der Waals surface area contributed by atoms with Crippen LogP contribution in [0.25, 0.3) is 11.6 Å². The summed E-state index contributed by atoms with van der Waals surface area (Å²) >= 11 is 10.6. The molecule has 0 aliphatic carbocycles. The molecular weight excluding hydrogens is 546 g/mol. The number of nitriles is 1. The van der Waals surface area contributed by atoms with Gasteiger partial charge in [0.2, 0.25) is 0 Å². The Labute approximate surface area is 193 Å². The Morgan fingerprint density at radius 1 is 0.964 bits per heavy atom. The van der Waals surface area contributed by atoms with Gasteiger partial charge in [-0.15, -0.1) is 0 Å². The highest BCUT2D eigenvalue weighted by Crippen LogP contribution is 2.36. The summed E-state index contributed by atoms with van der Waals surface area (Å²) in [6.07, 6.45) is 9.32. The maximum absolute atomic E-state index is 9.55. The lowest BCUT2D eigenvalue weighted by Crippen LogP contribution is -1.99. The van der Waals surface area contributed by atoms with E-state index in [1.807, 2.05) is 42.5 Å². The number of benzene rings is 2. The molecule has 28 heavy (non-hydrogen) atoms. The molecule has 0 spiro atoms. The van der Waals surface area contributed by atoms with Crippen molar-refractivity contribution in [3.63, 3.8) is 0 Å². The van der Waals surface area contributed by atoms with Crippen LogP contribution in [-0.4, -0.2) is 6.61 Å². The summed E-state index contributed by atoms with van der Waals surface area (Å²) in [5, 5.41) is 9.55. The highest BCUT2D eigenvalue weighted by atomic mass is 79.9. The number of hydrogen-bond acceptors (Lipinski definition) is 2. The van der Waals surface area contributed by atoms with Crippen molar-refractivity contribution in [3.05, 3.63) is 60.9 Å². The second kappa shape index (κ2) is 12.5. The minimum atomic E-state index is 0.618. The second-order valence-corrected chi connectivity index (χ2v) is 9.23. The van der Waals surface area contributed by atoms with Gasteiger partial charge in [0.05, 0.1) is 27.2 Å². The van der Waals surface area contributed by atoms with E-state index in [0.29, 0.717) is 12.2 Å². The molecule has 0 bridgehead atoms. The Morgan fingerprint density at radius 3 is 2.18 bits per heavy atom. The minimum absolute atomic E-state index is 0.618. The number of hydrogen-bond donors (Lipinski definition) is 0. The summed E-state index contributed by atoms with van der Waals surface area (Å²) in [4.78, 5) is 0. The van der Waals surface area contributed by atoms with Crippen molar-refractivity contribution in [1.82, 2.24) is 0 Å². The van der Waals surface area contributed by atoms with E-state index in [1.54, 1.807) is 0 Å². The number of halogens is 3. The lowest BCUT2D eigenvalue weighted by Gasteiger charge is -2.11. The average Bonchev–Trinajstić information content (AvgIpc) is 2.68. The van der Waals surface area contributed by atoms with Crippen LogP contribution in [0.4, 0.5) is 0 Å². The van der Waals surface area contributed by atoms with Crippen molar-refractivity contribution in [1.29, 1.82) is 5.26 Å². The largest absolute Gasteiger partial charge is 0.491 e. The predicted molar refractivity (Wildman–Crippen MR) is 128 cm³/mol. The fourth-order valence-corrected chi connectivity index (χ4v) is 4.55. The lowest BCUT2D eigenvalue weighted by atomic mass is 10.0. The molecule has 148 valence electrons. The van der Waals surface area contributed by atoms with Gasteiger partial charge in [-0.2, -0.15) is 5.26 Å². The van der Waals surface area contributed by atoms with Crippen LogP contribution in [0, 0.1) is 11.3 Å². The van der Waals surface area contributed by atoms with Crippen molar-refractivity contribution >= 4 is 59.4 Å². The Hall–Kier alpha value is -1.09. The normalized spacial score (nSPS) is 11.3. The van der Waals surface area contributed by atoms with Crippen molar-refractivity contribution in [2.75, 3.05) is 6.61 Å². The van der Waals surface area contributed by atoms with E-state index in [9.17, 15) is 5.26 Å². The molecule has 0 saturated carbocycles. The van der Waals surface area contributed by atoms with E-state index in [2.05, 4.69) is 60.8 Å². The number of ether oxygens (including phenoxy) is 1. The SMILES string of the molecule is CCCCCCCCOc1c(Br)cc(/C=C(\C#N)c2ccc(Br)cc2)cc1Br. The topological polar surface area (TPSA) is 33.0 Å². The first-order valence-electron chi connectivity index (χ1n) is 9.54. The van der Waals surface area contributed by atoms with E-state index in [0.717, 1.165) is 36.7 Å². The number of unbranched alkanes of at least 4 members (excludes halogenated alkanes) is 5. The first kappa shape index (κ1) is 23.2. The fraction of sp³-hybridized carbons (Fsp3) is 0.348. The molecule has 0 N–H and O–H groups in total. The Balaban J connectivity index is 2.04. The third-order valence-electron chi connectivity index (χ3n) is 4.35. The second-order valence-electron chi connectivity index (χ2n) is 6.61. The number of rotatable bonds is 10. The third kappa shape index (κ3) is 7.39. The molecule has 2 rings (SSSR count). The molecule has 5 heteroatoms. The van der Waals surface area contributed by atoms with Crippen molar-refractivity contribution in [3.8, 4) is 11.8 Å². The van der Waals surface area contributed by atoms with Crippen LogP contribution >= 0.6 is 47.8 Å². The molecule has 2 aromatic rings. The molecule has 0 atom stereocenters. The van der Waals surface area contributed by atoms with Crippen LogP contribution in [-0.2, 0) is 0 Å². The highest BCUT2D eigenvalue weighted by Gasteiger charge is 2.10. The van der Waals surface area contributed by atoms with Crippen LogP contribution in [0.3, 0.4) is 0 Å². The van der Waals surface area contributed by atoms with E-state index < -0.39 is 0 Å². The molecule has 0 unspecified atom stereocenters. The first-order valence-corrected chi connectivity index (χ1v) is 11.9. The smallest absolute Gasteiger partial charge is 0.147 e. The summed E-state index contributed by atoms with van der Waals surface area (Å²) in [5.74, 6) is 0.813. The standard InChI is InChI=1S/C23H24Br3NO/c1-2-3-4-5-6-7-12-28-23-21(25)14-17(15-22(23)26)13-19(16-27)18-8-10-20(24)11-9-18/h8-11,13-15H,2-7,12H2,1H3/b19-13+. The molecule has 0 radical (unpaired) electrons. The average molecular weight is 570 g/mol. The molecule has 0 aliphatic rings. The van der Waals surface area contributed by atoms with Gasteiger partial charge < -0.3 is 4.74 Å². The Bertz CT molecular complexity index is 815. The van der Waals surface area contributed by atoms with E-state index in [4.69, 9.17) is 4.74 Å². The highest BCUT2D eigenvalue weighted by molar-refractivity contribution is 9.11. The molecule has 0 saturated heterocycles. The van der Waals surface area contributed by atoms with Crippen LogP contribution < -0.4 is 4.74 Å². The molecule has 0 heterocycles. The minimum Gasteiger partial charge on any atom is -0.491 e. The van der Waals surface area contributed by atoms with Gasteiger partial charge in [-0.3, -0.25) is 0 Å². The van der Waals surface area contributed by atoms with E-state index in [1.165, 1.54) is 32.1 Å². The van der Waals surface area contributed by atoms with Crippen LogP contribution in [0.1, 0.15) is 56.6 Å². The van der Waals surface area contributed by atoms with Gasteiger partial charge in [-0.05, 0) is 79.7 Å². The van der Waals surface area contributed by atoms with Crippen LogP contribution in [0.2, 0.25) is 0 Å². The summed E-state index contributed by atoms with van der Waals surface area (Å²) in [6.45, 7) is 2.94. The Kier molecular flexibility index (Phi) is 10.3. The summed E-state index contributed by atoms with van der Waals surface area (Å²) in [6, 6.07) is 14.0. The molecule has 0 aliphatic heterocycles. The molecule has 0 aromatic heterocycles. The van der Waals surface area contributed by atoms with Gasteiger partial charge in [-0.25, -0.2) is 0 Å². The van der Waals surface area contributed by atoms with Gasteiger partial charge in [-0.1, -0.05) is 67.1 Å². The maximum atomic E-state index is 9.55. The summed E-state index contributed by atoms with van der Waals surface area (Å²) in [5.41, 5.74) is 2.44. The summed E-state index contributed by atoms with van der Waals surface area (Å²) in [7, 11) is 0. The predicted octanol–water partition coefficient (Wildman–Crippen LogP) is 8.78. The molecule has 0 amide bonds. The van der Waals surface area contributed by atoms with Gasteiger partial charge in [0.1, 0.15) is 5.75 Å². The van der Waals surface area contributed by atoms with Gasteiger partial charge in [0.15, 0.2) is 0 Å². The lowest BCUT2D eigenvalue weighted by molar-refractivity contribution is 0.301. The fourth-order valence-electron chi connectivity index (χ4n) is 2.83.